The van der Waals surface area contributed by atoms with Crippen molar-refractivity contribution < 1.29 is 9.59 Å². The molecule has 0 N–H and O–H groups in total. The van der Waals surface area contributed by atoms with Crippen molar-refractivity contribution in [2.75, 3.05) is 32.7 Å². The fourth-order valence-electron chi connectivity index (χ4n) is 4.85. The minimum atomic E-state index is -0.0104. The first-order chi connectivity index (χ1) is 12.6. The number of aromatic nitrogens is 1. The number of pyridine rings is 1. The Bertz CT molecular complexity index is 751. The molecule has 0 saturated carbocycles. The quantitative estimate of drug-likeness (QED) is 0.761. The maximum Gasteiger partial charge on any atom is 0.250 e. The molecule has 2 saturated heterocycles. The number of ketones is 1. The molecule has 0 spiro atoms. The van der Waals surface area contributed by atoms with Gasteiger partial charge in [0.1, 0.15) is 0 Å². The van der Waals surface area contributed by atoms with Gasteiger partial charge in [0.15, 0.2) is 5.78 Å². The molecule has 6 nitrogen and oxygen atoms in total. The zero-order valence-electron chi connectivity index (χ0n) is 15.2. The lowest BCUT2D eigenvalue weighted by molar-refractivity contribution is -0.136. The third kappa shape index (κ3) is 3.61. The van der Waals surface area contributed by atoms with Crippen molar-refractivity contribution in [3.63, 3.8) is 0 Å². The highest BCUT2D eigenvalue weighted by Crippen LogP contribution is 2.34. The molecule has 4 heterocycles. The lowest BCUT2D eigenvalue weighted by Gasteiger charge is -2.42. The van der Waals surface area contributed by atoms with Crippen molar-refractivity contribution in [3.8, 4) is 0 Å². The van der Waals surface area contributed by atoms with Crippen LogP contribution >= 0.6 is 0 Å². The Kier molecular flexibility index (Phi) is 4.94. The molecule has 2 unspecified atom stereocenters. The number of likely N-dealkylation sites (tertiary alicyclic amines) is 2. The molecule has 2 atom stereocenters. The number of piperidine rings is 2. The molecule has 1 aromatic heterocycles. The van der Waals surface area contributed by atoms with Crippen LogP contribution in [0.25, 0.3) is 0 Å². The van der Waals surface area contributed by atoms with Gasteiger partial charge in [0.25, 0.3) is 5.56 Å². The maximum atomic E-state index is 12.4. The number of carbonyl (C=O) groups is 2. The molecule has 6 heteroatoms. The van der Waals surface area contributed by atoms with Gasteiger partial charge < -0.3 is 9.47 Å². The topological polar surface area (TPSA) is 62.6 Å². The van der Waals surface area contributed by atoms with E-state index >= 15 is 0 Å². The predicted molar refractivity (Wildman–Crippen MR) is 98.0 cm³/mol. The number of fused-ring (bicyclic) bond motifs is 4. The number of hydrogen-bond acceptors (Lipinski definition) is 4. The minimum absolute atomic E-state index is 0.0104. The van der Waals surface area contributed by atoms with E-state index in [0.717, 1.165) is 57.7 Å². The van der Waals surface area contributed by atoms with E-state index in [2.05, 4.69) is 4.90 Å². The molecular formula is C20H27N3O3. The number of hydrogen-bond donors (Lipinski definition) is 0. The maximum absolute atomic E-state index is 12.4. The Morgan fingerprint density at radius 3 is 2.65 bits per heavy atom. The van der Waals surface area contributed by atoms with E-state index in [1.54, 1.807) is 6.07 Å². The van der Waals surface area contributed by atoms with Crippen LogP contribution in [0.15, 0.2) is 23.0 Å². The van der Waals surface area contributed by atoms with Crippen molar-refractivity contribution >= 4 is 11.7 Å². The smallest absolute Gasteiger partial charge is 0.250 e. The van der Waals surface area contributed by atoms with Gasteiger partial charge in [-0.1, -0.05) is 6.07 Å². The third-order valence-electron chi connectivity index (χ3n) is 6.01. The average Bonchev–Trinajstić information content (AvgIpc) is 2.63. The standard InChI is InChI=1S/C20H27N3O3/c24-17(10-20(26)22-7-2-1-3-8-22)14-21-11-15-9-16(13-21)18-5-4-6-19(25)23(18)12-15/h4-6,15-16H,1-3,7-14H2. The molecule has 1 amide bonds. The summed E-state index contributed by atoms with van der Waals surface area (Å²) in [6, 6.07) is 5.49. The van der Waals surface area contributed by atoms with E-state index in [9.17, 15) is 14.4 Å². The van der Waals surface area contributed by atoms with Crippen LogP contribution in [-0.2, 0) is 16.1 Å². The van der Waals surface area contributed by atoms with Crippen LogP contribution in [0.2, 0.25) is 0 Å². The summed E-state index contributed by atoms with van der Waals surface area (Å²) in [7, 11) is 0. The molecule has 1 aromatic rings. The summed E-state index contributed by atoms with van der Waals surface area (Å²) in [5, 5.41) is 0. The molecule has 26 heavy (non-hydrogen) atoms. The highest BCUT2D eigenvalue weighted by molar-refractivity contribution is 5.99. The van der Waals surface area contributed by atoms with Crippen LogP contribution in [0, 0.1) is 5.92 Å². The van der Waals surface area contributed by atoms with E-state index in [-0.39, 0.29) is 23.7 Å². The second kappa shape index (κ2) is 7.35. The predicted octanol–water partition coefficient (Wildman–Crippen LogP) is 1.24. The molecule has 2 fully saturated rings. The van der Waals surface area contributed by atoms with Gasteiger partial charge in [0, 0.05) is 50.4 Å². The Morgan fingerprint density at radius 2 is 1.85 bits per heavy atom. The molecular weight excluding hydrogens is 330 g/mol. The van der Waals surface area contributed by atoms with E-state index < -0.39 is 0 Å². The molecule has 4 rings (SSSR count). The van der Waals surface area contributed by atoms with Crippen molar-refractivity contribution in [2.24, 2.45) is 5.92 Å². The second-order valence-electron chi connectivity index (χ2n) is 8.05. The lowest BCUT2D eigenvalue weighted by atomic mass is 9.83. The van der Waals surface area contributed by atoms with Gasteiger partial charge >= 0.3 is 0 Å². The molecule has 0 aromatic carbocycles. The highest BCUT2D eigenvalue weighted by atomic mass is 16.2. The van der Waals surface area contributed by atoms with E-state index in [1.165, 1.54) is 6.42 Å². The second-order valence-corrected chi connectivity index (χ2v) is 8.05. The number of rotatable bonds is 4. The average molecular weight is 357 g/mol. The van der Waals surface area contributed by atoms with E-state index in [0.29, 0.717) is 18.4 Å². The largest absolute Gasteiger partial charge is 0.342 e. The molecule has 3 aliphatic rings. The molecule has 0 aliphatic carbocycles. The van der Waals surface area contributed by atoms with Crippen molar-refractivity contribution in [1.29, 1.82) is 0 Å². The van der Waals surface area contributed by atoms with E-state index in [4.69, 9.17) is 0 Å². The highest BCUT2D eigenvalue weighted by Gasteiger charge is 2.35. The fraction of sp³-hybridized carbons (Fsp3) is 0.650. The third-order valence-corrected chi connectivity index (χ3v) is 6.01. The molecule has 2 bridgehead atoms. The minimum Gasteiger partial charge on any atom is -0.342 e. The summed E-state index contributed by atoms with van der Waals surface area (Å²) >= 11 is 0. The van der Waals surface area contributed by atoms with Crippen molar-refractivity contribution in [2.45, 2.75) is 44.6 Å². The molecule has 0 radical (unpaired) electrons. The number of nitrogens with zero attached hydrogens (tertiary/aromatic N) is 3. The molecule has 3 aliphatic heterocycles. The lowest BCUT2D eigenvalue weighted by Crippen LogP contribution is -2.48. The first-order valence-corrected chi connectivity index (χ1v) is 9.82. The summed E-state index contributed by atoms with van der Waals surface area (Å²) in [5.74, 6) is 0.726. The first-order valence-electron chi connectivity index (χ1n) is 9.82. The van der Waals surface area contributed by atoms with Crippen LogP contribution in [0.4, 0.5) is 0 Å². The summed E-state index contributed by atoms with van der Waals surface area (Å²) < 4.78 is 1.90. The SMILES string of the molecule is O=C(CC(=O)N1CCCCC1)CN1CC2CC(C1)c1cccc(=O)n1C2. The van der Waals surface area contributed by atoms with Gasteiger partial charge in [0.2, 0.25) is 5.91 Å². The van der Waals surface area contributed by atoms with Gasteiger partial charge in [0.05, 0.1) is 13.0 Å². The Morgan fingerprint density at radius 1 is 1.04 bits per heavy atom. The van der Waals surface area contributed by atoms with Crippen LogP contribution in [0.5, 0.6) is 0 Å². The normalized spacial score (nSPS) is 25.6. The van der Waals surface area contributed by atoms with Crippen LogP contribution < -0.4 is 5.56 Å². The first kappa shape index (κ1) is 17.5. The van der Waals surface area contributed by atoms with Gasteiger partial charge in [-0.15, -0.1) is 0 Å². The van der Waals surface area contributed by atoms with Crippen molar-refractivity contribution in [1.82, 2.24) is 14.4 Å². The monoisotopic (exact) mass is 357 g/mol. The Hall–Kier alpha value is -1.95. The van der Waals surface area contributed by atoms with Crippen LogP contribution in [0.1, 0.15) is 43.7 Å². The van der Waals surface area contributed by atoms with Crippen LogP contribution in [-0.4, -0.2) is 58.8 Å². The number of amides is 1. The fourth-order valence-corrected chi connectivity index (χ4v) is 4.85. The number of carbonyl (C=O) groups excluding carboxylic acids is 2. The van der Waals surface area contributed by atoms with Gasteiger partial charge in [-0.2, -0.15) is 0 Å². The van der Waals surface area contributed by atoms with Crippen LogP contribution in [0.3, 0.4) is 0 Å². The summed E-state index contributed by atoms with van der Waals surface area (Å²) in [6.45, 7) is 4.31. The Labute approximate surface area is 153 Å². The van der Waals surface area contributed by atoms with E-state index in [1.807, 2.05) is 21.6 Å². The summed E-state index contributed by atoms with van der Waals surface area (Å²) in [6.07, 6.45) is 4.39. The zero-order valence-corrected chi connectivity index (χ0v) is 15.2. The Balaban J connectivity index is 1.36. The molecule has 140 valence electrons. The zero-order chi connectivity index (χ0) is 18.1. The summed E-state index contributed by atoms with van der Waals surface area (Å²) in [4.78, 5) is 40.8. The summed E-state index contributed by atoms with van der Waals surface area (Å²) in [5.41, 5.74) is 1.17. The van der Waals surface area contributed by atoms with Crippen molar-refractivity contribution in [3.05, 3.63) is 34.2 Å². The van der Waals surface area contributed by atoms with Gasteiger partial charge in [-0.25, -0.2) is 0 Å². The van der Waals surface area contributed by atoms with Gasteiger partial charge in [-0.3, -0.25) is 19.3 Å². The van der Waals surface area contributed by atoms with Gasteiger partial charge in [-0.05, 0) is 37.7 Å². The number of Topliss-reactive ketones (excluding diaryl/α,β-unsaturated/α-hetero) is 1.